The number of halogens is 1. The summed E-state index contributed by atoms with van der Waals surface area (Å²) in [5, 5.41) is 0. The zero-order valence-corrected chi connectivity index (χ0v) is 12.8. The first-order chi connectivity index (χ1) is 11.8. The van der Waals surface area contributed by atoms with Crippen LogP contribution >= 0.6 is 0 Å². The van der Waals surface area contributed by atoms with E-state index in [2.05, 4.69) is 0 Å². The molecule has 0 unspecified atom stereocenters. The largest absolute Gasteiger partial charge is 0.485 e. The molecule has 3 aromatic rings. The van der Waals surface area contributed by atoms with Crippen LogP contribution in [0.2, 0.25) is 0 Å². The second kappa shape index (κ2) is 7.42. The van der Waals surface area contributed by atoms with Gasteiger partial charge in [0.05, 0.1) is 5.56 Å². The molecular weight excluding hydrogens is 307 g/mol. The van der Waals surface area contributed by atoms with E-state index in [9.17, 15) is 9.18 Å². The first kappa shape index (κ1) is 15.7. The van der Waals surface area contributed by atoms with Crippen LogP contribution in [0, 0.1) is 5.82 Å². The number of aldehydes is 1. The summed E-state index contributed by atoms with van der Waals surface area (Å²) in [5.74, 6) is 0.532. The maximum absolute atomic E-state index is 13.6. The third-order valence-corrected chi connectivity index (χ3v) is 3.41. The maximum atomic E-state index is 13.6. The van der Waals surface area contributed by atoms with Gasteiger partial charge in [0, 0.05) is 6.07 Å². The zero-order chi connectivity index (χ0) is 16.8. The minimum absolute atomic E-state index is 0.222. The van der Waals surface area contributed by atoms with Gasteiger partial charge in [-0.15, -0.1) is 0 Å². The van der Waals surface area contributed by atoms with E-state index in [1.807, 2.05) is 30.3 Å². The highest BCUT2D eigenvalue weighted by Gasteiger charge is 2.11. The van der Waals surface area contributed by atoms with Crippen molar-refractivity contribution in [3.63, 3.8) is 0 Å². The molecule has 0 aliphatic carbocycles. The topological polar surface area (TPSA) is 35.5 Å². The standard InChI is InChI=1S/C20H15FO3/c21-17-10-11-19(23-14-15-6-2-1-3-7-15)20(12-17)24-18-9-5-4-8-16(18)13-22/h1-13H,14H2. The van der Waals surface area contributed by atoms with E-state index in [1.165, 1.54) is 18.2 Å². The van der Waals surface area contributed by atoms with Crippen LogP contribution in [0.25, 0.3) is 0 Å². The summed E-state index contributed by atoms with van der Waals surface area (Å²) in [6.45, 7) is 0.332. The van der Waals surface area contributed by atoms with Gasteiger partial charge in [0.25, 0.3) is 0 Å². The van der Waals surface area contributed by atoms with Crippen LogP contribution < -0.4 is 9.47 Å². The monoisotopic (exact) mass is 322 g/mol. The Hall–Kier alpha value is -3.14. The van der Waals surface area contributed by atoms with E-state index >= 15 is 0 Å². The molecular formula is C20H15FO3. The number of ether oxygens (including phenoxy) is 2. The Kier molecular flexibility index (Phi) is 4.87. The average molecular weight is 322 g/mol. The van der Waals surface area contributed by atoms with Crippen molar-refractivity contribution in [2.45, 2.75) is 6.61 Å². The van der Waals surface area contributed by atoms with Crippen molar-refractivity contribution in [3.05, 3.63) is 89.7 Å². The summed E-state index contributed by atoms with van der Waals surface area (Å²) in [6.07, 6.45) is 0.694. The third-order valence-electron chi connectivity index (χ3n) is 3.41. The Morgan fingerprint density at radius 2 is 1.58 bits per heavy atom. The fourth-order valence-corrected chi connectivity index (χ4v) is 2.21. The van der Waals surface area contributed by atoms with Crippen LogP contribution in [0.5, 0.6) is 17.2 Å². The van der Waals surface area contributed by atoms with Crippen molar-refractivity contribution in [1.82, 2.24) is 0 Å². The van der Waals surface area contributed by atoms with Gasteiger partial charge in [0.15, 0.2) is 17.8 Å². The predicted molar refractivity (Wildman–Crippen MR) is 89.1 cm³/mol. The van der Waals surface area contributed by atoms with Gasteiger partial charge in [-0.05, 0) is 29.8 Å². The van der Waals surface area contributed by atoms with E-state index in [4.69, 9.17) is 9.47 Å². The molecule has 0 aromatic heterocycles. The molecule has 0 saturated carbocycles. The normalized spacial score (nSPS) is 10.2. The smallest absolute Gasteiger partial charge is 0.172 e. The van der Waals surface area contributed by atoms with Gasteiger partial charge in [-0.1, -0.05) is 42.5 Å². The molecule has 0 spiro atoms. The Bertz CT molecular complexity index is 831. The van der Waals surface area contributed by atoms with Crippen molar-refractivity contribution in [2.24, 2.45) is 0 Å². The molecule has 0 bridgehead atoms. The molecule has 0 atom stereocenters. The number of hydrogen-bond donors (Lipinski definition) is 0. The number of carbonyl (C=O) groups excluding carboxylic acids is 1. The molecule has 0 heterocycles. The van der Waals surface area contributed by atoms with Crippen LogP contribution in [0.1, 0.15) is 15.9 Å². The summed E-state index contributed by atoms with van der Waals surface area (Å²) < 4.78 is 25.0. The molecule has 0 amide bonds. The second-order valence-corrected chi connectivity index (χ2v) is 5.12. The lowest BCUT2D eigenvalue weighted by Crippen LogP contribution is -1.98. The summed E-state index contributed by atoms with van der Waals surface area (Å²) in [7, 11) is 0. The van der Waals surface area contributed by atoms with Crippen molar-refractivity contribution in [3.8, 4) is 17.2 Å². The number of para-hydroxylation sites is 1. The lowest BCUT2D eigenvalue weighted by atomic mass is 10.2. The van der Waals surface area contributed by atoms with Crippen LogP contribution in [-0.2, 0) is 6.61 Å². The number of rotatable bonds is 6. The van der Waals surface area contributed by atoms with Gasteiger partial charge in [-0.25, -0.2) is 4.39 Å². The van der Waals surface area contributed by atoms with Gasteiger partial charge >= 0.3 is 0 Å². The molecule has 0 radical (unpaired) electrons. The minimum atomic E-state index is -0.444. The molecule has 3 rings (SSSR count). The van der Waals surface area contributed by atoms with Crippen LogP contribution in [0.15, 0.2) is 72.8 Å². The van der Waals surface area contributed by atoms with Crippen molar-refractivity contribution in [2.75, 3.05) is 0 Å². The molecule has 4 heteroatoms. The number of benzene rings is 3. The van der Waals surface area contributed by atoms with Crippen LogP contribution in [-0.4, -0.2) is 6.29 Å². The second-order valence-electron chi connectivity index (χ2n) is 5.12. The van der Waals surface area contributed by atoms with E-state index in [0.29, 0.717) is 30.0 Å². The highest BCUT2D eigenvalue weighted by atomic mass is 19.1. The quantitative estimate of drug-likeness (QED) is 0.598. The van der Waals surface area contributed by atoms with E-state index in [-0.39, 0.29) is 5.75 Å². The number of carbonyl (C=O) groups is 1. The average Bonchev–Trinajstić information content (AvgIpc) is 2.62. The van der Waals surface area contributed by atoms with Gasteiger partial charge in [-0.2, -0.15) is 0 Å². The summed E-state index contributed by atoms with van der Waals surface area (Å²) in [4.78, 5) is 11.1. The molecule has 3 nitrogen and oxygen atoms in total. The highest BCUT2D eigenvalue weighted by Crippen LogP contribution is 2.34. The van der Waals surface area contributed by atoms with Crippen LogP contribution in [0.4, 0.5) is 4.39 Å². The number of hydrogen-bond acceptors (Lipinski definition) is 3. The van der Waals surface area contributed by atoms with E-state index in [1.54, 1.807) is 24.3 Å². The van der Waals surface area contributed by atoms with E-state index in [0.717, 1.165) is 5.56 Å². The maximum Gasteiger partial charge on any atom is 0.172 e. The summed E-state index contributed by atoms with van der Waals surface area (Å²) >= 11 is 0. The van der Waals surface area contributed by atoms with Gasteiger partial charge in [-0.3, -0.25) is 4.79 Å². The van der Waals surface area contributed by atoms with Gasteiger partial charge < -0.3 is 9.47 Å². The van der Waals surface area contributed by atoms with Crippen molar-refractivity contribution in [1.29, 1.82) is 0 Å². The molecule has 24 heavy (non-hydrogen) atoms. The first-order valence-corrected chi connectivity index (χ1v) is 7.44. The summed E-state index contributed by atoms with van der Waals surface area (Å²) in [6, 6.07) is 20.4. The Balaban J connectivity index is 1.84. The molecule has 0 fully saturated rings. The van der Waals surface area contributed by atoms with Gasteiger partial charge in [0.1, 0.15) is 18.2 Å². The SMILES string of the molecule is O=Cc1ccccc1Oc1cc(F)ccc1OCc1ccccc1. The molecule has 0 saturated heterocycles. The zero-order valence-electron chi connectivity index (χ0n) is 12.8. The van der Waals surface area contributed by atoms with E-state index < -0.39 is 5.82 Å². The van der Waals surface area contributed by atoms with Gasteiger partial charge in [0.2, 0.25) is 0 Å². The first-order valence-electron chi connectivity index (χ1n) is 7.44. The predicted octanol–water partition coefficient (Wildman–Crippen LogP) is 5.01. The molecule has 120 valence electrons. The lowest BCUT2D eigenvalue weighted by Gasteiger charge is -2.13. The molecule has 0 aliphatic rings. The fraction of sp³-hybridized carbons (Fsp3) is 0.0500. The van der Waals surface area contributed by atoms with Crippen molar-refractivity contribution < 1.29 is 18.7 Å². The van der Waals surface area contributed by atoms with Crippen molar-refractivity contribution >= 4 is 6.29 Å². The third kappa shape index (κ3) is 3.79. The van der Waals surface area contributed by atoms with Crippen LogP contribution in [0.3, 0.4) is 0 Å². The minimum Gasteiger partial charge on any atom is -0.485 e. The Morgan fingerprint density at radius 1 is 0.833 bits per heavy atom. The summed E-state index contributed by atoms with van der Waals surface area (Å²) in [5.41, 5.74) is 1.37. The molecule has 0 N–H and O–H groups in total. The fourth-order valence-electron chi connectivity index (χ4n) is 2.21. The Morgan fingerprint density at radius 3 is 2.38 bits per heavy atom. The lowest BCUT2D eigenvalue weighted by molar-refractivity contribution is 0.112. The Labute approximate surface area is 139 Å². The molecule has 0 aliphatic heterocycles. The highest BCUT2D eigenvalue weighted by molar-refractivity contribution is 5.79. The molecule has 3 aromatic carbocycles.